The van der Waals surface area contributed by atoms with E-state index in [4.69, 9.17) is 9.52 Å². The number of rotatable bonds is 4. The molecule has 0 aliphatic rings. The van der Waals surface area contributed by atoms with Crippen LogP contribution in [0.25, 0.3) is 11.3 Å². The van der Waals surface area contributed by atoms with Crippen LogP contribution in [0.3, 0.4) is 0 Å². The fraction of sp³-hybridized carbons (Fsp3) is 0.154. The number of benzene rings is 1. The zero-order valence-corrected chi connectivity index (χ0v) is 9.89. The van der Waals surface area contributed by atoms with Crippen LogP contribution in [0.15, 0.2) is 34.7 Å². The molecule has 1 aromatic carbocycles. The molecule has 0 fully saturated rings. The first-order valence-electron chi connectivity index (χ1n) is 5.36. The number of aromatic carboxylic acids is 1. The molecule has 1 aromatic heterocycles. The van der Waals surface area contributed by atoms with Crippen molar-refractivity contribution in [3.05, 3.63) is 41.7 Å². The molecule has 0 atom stereocenters. The second kappa shape index (κ2) is 5.09. The van der Waals surface area contributed by atoms with Crippen molar-refractivity contribution in [2.24, 2.45) is 0 Å². The topological polar surface area (TPSA) is 59.7 Å². The van der Waals surface area contributed by atoms with Gasteiger partial charge in [-0.05, 0) is 37.3 Å². The van der Waals surface area contributed by atoms with Crippen molar-refractivity contribution >= 4 is 5.97 Å². The van der Waals surface area contributed by atoms with Gasteiger partial charge in [-0.3, -0.25) is 0 Å². The SMILES string of the molecule is Cc1ccc(-c2ccc(C(=O)O)cc2OC(F)F)o1. The van der Waals surface area contributed by atoms with Crippen molar-refractivity contribution in [1.29, 1.82) is 0 Å². The van der Waals surface area contributed by atoms with E-state index >= 15 is 0 Å². The Hall–Kier alpha value is -2.37. The summed E-state index contributed by atoms with van der Waals surface area (Å²) in [6.07, 6.45) is 0. The Kier molecular flexibility index (Phi) is 3.50. The molecule has 0 saturated heterocycles. The Morgan fingerprint density at radius 3 is 2.58 bits per heavy atom. The molecule has 2 rings (SSSR count). The van der Waals surface area contributed by atoms with Crippen molar-refractivity contribution in [3.63, 3.8) is 0 Å². The standard InChI is InChI=1S/C13H10F2O4/c1-7-2-5-10(18-7)9-4-3-8(12(16)17)6-11(9)19-13(14)15/h2-6,13H,1H3,(H,16,17). The molecule has 0 aliphatic heterocycles. The molecule has 0 radical (unpaired) electrons. The highest BCUT2D eigenvalue weighted by atomic mass is 19.3. The number of furan rings is 1. The normalized spacial score (nSPS) is 10.7. The van der Waals surface area contributed by atoms with Crippen LogP contribution < -0.4 is 4.74 Å². The smallest absolute Gasteiger partial charge is 0.387 e. The van der Waals surface area contributed by atoms with Crippen molar-refractivity contribution in [2.45, 2.75) is 13.5 Å². The number of hydrogen-bond acceptors (Lipinski definition) is 3. The summed E-state index contributed by atoms with van der Waals surface area (Å²) in [6, 6.07) is 6.99. The molecule has 0 amide bonds. The number of carbonyl (C=O) groups is 1. The van der Waals surface area contributed by atoms with E-state index in [1.807, 2.05) is 0 Å². The Balaban J connectivity index is 2.50. The summed E-state index contributed by atoms with van der Waals surface area (Å²) in [5.74, 6) is -0.504. The molecule has 0 aliphatic carbocycles. The van der Waals surface area contributed by atoms with Gasteiger partial charge in [0.2, 0.25) is 0 Å². The molecule has 0 unspecified atom stereocenters. The van der Waals surface area contributed by atoms with Gasteiger partial charge in [0, 0.05) is 0 Å². The summed E-state index contributed by atoms with van der Waals surface area (Å²) in [6.45, 7) is -1.33. The van der Waals surface area contributed by atoms with Crippen molar-refractivity contribution in [3.8, 4) is 17.1 Å². The van der Waals surface area contributed by atoms with Crippen LogP contribution >= 0.6 is 0 Å². The van der Waals surface area contributed by atoms with E-state index in [9.17, 15) is 13.6 Å². The van der Waals surface area contributed by atoms with E-state index in [-0.39, 0.29) is 16.9 Å². The first kappa shape index (κ1) is 13.1. The van der Waals surface area contributed by atoms with Gasteiger partial charge in [-0.1, -0.05) is 0 Å². The Morgan fingerprint density at radius 1 is 1.32 bits per heavy atom. The Bertz CT molecular complexity index is 604. The lowest BCUT2D eigenvalue weighted by Gasteiger charge is -2.10. The molecule has 0 bridgehead atoms. The van der Waals surface area contributed by atoms with Crippen LogP contribution in [-0.2, 0) is 0 Å². The average molecular weight is 268 g/mol. The van der Waals surface area contributed by atoms with E-state index in [0.29, 0.717) is 11.5 Å². The Morgan fingerprint density at radius 2 is 2.05 bits per heavy atom. The van der Waals surface area contributed by atoms with Crippen LogP contribution in [-0.4, -0.2) is 17.7 Å². The summed E-state index contributed by atoms with van der Waals surface area (Å²) >= 11 is 0. The lowest BCUT2D eigenvalue weighted by Crippen LogP contribution is -2.05. The largest absolute Gasteiger partial charge is 0.478 e. The first-order valence-corrected chi connectivity index (χ1v) is 5.36. The van der Waals surface area contributed by atoms with Gasteiger partial charge in [-0.15, -0.1) is 0 Å². The Labute approximate surface area is 107 Å². The van der Waals surface area contributed by atoms with Crippen LogP contribution in [0.1, 0.15) is 16.1 Å². The molecule has 2 aromatic rings. The van der Waals surface area contributed by atoms with Crippen LogP contribution in [0.5, 0.6) is 5.75 Å². The molecule has 6 heteroatoms. The molecule has 1 N–H and O–H groups in total. The summed E-state index contributed by atoms with van der Waals surface area (Å²) < 4.78 is 34.4. The van der Waals surface area contributed by atoms with Gasteiger partial charge in [0.1, 0.15) is 17.3 Å². The van der Waals surface area contributed by atoms with Gasteiger partial charge >= 0.3 is 12.6 Å². The van der Waals surface area contributed by atoms with Crippen LogP contribution in [0.2, 0.25) is 0 Å². The van der Waals surface area contributed by atoms with Gasteiger partial charge in [0.05, 0.1) is 11.1 Å². The number of halogens is 2. The third-order valence-electron chi connectivity index (χ3n) is 2.45. The predicted molar refractivity (Wildman–Crippen MR) is 62.5 cm³/mol. The molecule has 1 heterocycles. The zero-order chi connectivity index (χ0) is 14.0. The molecular weight excluding hydrogens is 258 g/mol. The third kappa shape index (κ3) is 2.90. The highest BCUT2D eigenvalue weighted by molar-refractivity contribution is 5.89. The number of hydrogen-bond donors (Lipinski definition) is 1. The zero-order valence-electron chi connectivity index (χ0n) is 9.89. The van der Waals surface area contributed by atoms with Gasteiger partial charge in [-0.2, -0.15) is 8.78 Å². The quantitative estimate of drug-likeness (QED) is 0.921. The molecule has 19 heavy (non-hydrogen) atoms. The van der Waals surface area contributed by atoms with E-state index in [2.05, 4.69) is 4.74 Å². The molecule has 0 saturated carbocycles. The van der Waals surface area contributed by atoms with Crippen molar-refractivity contribution in [1.82, 2.24) is 0 Å². The number of alkyl halides is 2. The summed E-state index contributed by atoms with van der Waals surface area (Å²) in [5.41, 5.74) is 0.140. The minimum absolute atomic E-state index is 0.136. The molecule has 100 valence electrons. The third-order valence-corrected chi connectivity index (χ3v) is 2.45. The average Bonchev–Trinajstić information content (AvgIpc) is 2.74. The summed E-state index contributed by atoms with van der Waals surface area (Å²) in [5, 5.41) is 8.84. The van der Waals surface area contributed by atoms with Gasteiger partial charge in [-0.25, -0.2) is 4.79 Å². The number of aryl methyl sites for hydroxylation is 1. The van der Waals surface area contributed by atoms with Crippen molar-refractivity contribution < 1.29 is 27.8 Å². The second-order valence-electron chi connectivity index (χ2n) is 3.80. The van der Waals surface area contributed by atoms with E-state index in [0.717, 1.165) is 6.07 Å². The number of ether oxygens (including phenoxy) is 1. The van der Waals surface area contributed by atoms with E-state index < -0.39 is 12.6 Å². The van der Waals surface area contributed by atoms with Crippen LogP contribution in [0.4, 0.5) is 8.78 Å². The fourth-order valence-corrected chi connectivity index (χ4v) is 1.63. The molecular formula is C13H10F2O4. The van der Waals surface area contributed by atoms with Gasteiger partial charge in [0.15, 0.2) is 0 Å². The lowest BCUT2D eigenvalue weighted by molar-refractivity contribution is -0.0495. The van der Waals surface area contributed by atoms with Crippen molar-refractivity contribution in [2.75, 3.05) is 0 Å². The predicted octanol–water partition coefficient (Wildman–Crippen LogP) is 3.55. The molecule has 4 nitrogen and oxygen atoms in total. The maximum absolute atomic E-state index is 12.4. The second-order valence-corrected chi connectivity index (χ2v) is 3.80. The highest BCUT2D eigenvalue weighted by Gasteiger charge is 2.16. The van der Waals surface area contributed by atoms with Crippen LogP contribution in [0, 0.1) is 6.92 Å². The van der Waals surface area contributed by atoms with E-state index in [1.54, 1.807) is 19.1 Å². The van der Waals surface area contributed by atoms with Gasteiger partial charge in [0.25, 0.3) is 0 Å². The minimum Gasteiger partial charge on any atom is -0.478 e. The van der Waals surface area contributed by atoms with E-state index in [1.165, 1.54) is 12.1 Å². The molecule has 0 spiro atoms. The number of carboxylic acid groups (broad SMARTS) is 1. The maximum Gasteiger partial charge on any atom is 0.387 e. The minimum atomic E-state index is -3.04. The number of carboxylic acids is 1. The maximum atomic E-state index is 12.4. The monoisotopic (exact) mass is 268 g/mol. The highest BCUT2D eigenvalue weighted by Crippen LogP contribution is 2.33. The lowest BCUT2D eigenvalue weighted by atomic mass is 10.1. The summed E-state index contributed by atoms with van der Waals surface area (Å²) in [4.78, 5) is 10.8. The fourth-order valence-electron chi connectivity index (χ4n) is 1.63. The summed E-state index contributed by atoms with van der Waals surface area (Å²) in [7, 11) is 0. The first-order chi connectivity index (χ1) is 8.97. The van der Waals surface area contributed by atoms with Gasteiger partial charge < -0.3 is 14.3 Å².